The van der Waals surface area contributed by atoms with Gasteiger partial charge in [0.25, 0.3) is 5.91 Å². The number of amides is 1. The third-order valence-electron chi connectivity index (χ3n) is 3.71. The minimum absolute atomic E-state index is 0.0214. The number of para-hydroxylation sites is 1. The molecule has 4 nitrogen and oxygen atoms in total. The summed E-state index contributed by atoms with van der Waals surface area (Å²) in [4.78, 5) is 12.0. The van der Waals surface area contributed by atoms with Crippen LogP contribution in [0.15, 0.2) is 48.5 Å². The van der Waals surface area contributed by atoms with E-state index in [1.165, 1.54) is 0 Å². The second-order valence-electron chi connectivity index (χ2n) is 5.30. The van der Waals surface area contributed by atoms with Crippen molar-refractivity contribution in [2.24, 2.45) is 0 Å². The number of nitrogens with zero attached hydrogens (tertiary/aromatic N) is 1. The summed E-state index contributed by atoms with van der Waals surface area (Å²) in [5.74, 6) is -0.0214. The first-order valence-corrected chi connectivity index (χ1v) is 7.61. The molecule has 0 aliphatic carbocycles. The maximum Gasteiger partial charge on any atom is 0.251 e. The number of fused-ring (bicyclic) bond motifs is 1. The molecule has 1 heterocycles. The summed E-state index contributed by atoms with van der Waals surface area (Å²) in [6, 6.07) is 15.6. The van der Waals surface area contributed by atoms with Gasteiger partial charge in [-0.2, -0.15) is 5.10 Å². The van der Waals surface area contributed by atoms with Crippen LogP contribution < -0.4 is 5.32 Å². The van der Waals surface area contributed by atoms with E-state index in [0.717, 1.165) is 41.5 Å². The molecule has 0 unspecified atom stereocenters. The van der Waals surface area contributed by atoms with Crippen LogP contribution in [0.3, 0.4) is 0 Å². The molecule has 0 fully saturated rings. The van der Waals surface area contributed by atoms with E-state index in [-0.39, 0.29) is 5.91 Å². The first-order valence-electron chi connectivity index (χ1n) is 7.61. The van der Waals surface area contributed by atoms with Crippen LogP contribution >= 0.6 is 0 Å². The molecule has 22 heavy (non-hydrogen) atoms. The normalized spacial score (nSPS) is 10.8. The molecule has 0 bridgehead atoms. The molecule has 0 aliphatic heterocycles. The van der Waals surface area contributed by atoms with E-state index in [4.69, 9.17) is 0 Å². The van der Waals surface area contributed by atoms with Gasteiger partial charge in [0.2, 0.25) is 0 Å². The summed E-state index contributed by atoms with van der Waals surface area (Å²) in [5, 5.41) is 11.4. The zero-order chi connectivity index (χ0) is 15.4. The average molecular weight is 293 g/mol. The lowest BCUT2D eigenvalue weighted by Crippen LogP contribution is -2.24. The Balaban J connectivity index is 1.81. The zero-order valence-corrected chi connectivity index (χ0v) is 12.6. The lowest BCUT2D eigenvalue weighted by atomic mass is 10.1. The number of benzene rings is 2. The van der Waals surface area contributed by atoms with Gasteiger partial charge in [-0.05, 0) is 24.6 Å². The van der Waals surface area contributed by atoms with E-state index in [9.17, 15) is 4.79 Å². The molecule has 3 aromatic rings. The average Bonchev–Trinajstić information content (AvgIpc) is 2.99. The van der Waals surface area contributed by atoms with Crippen LogP contribution in [-0.2, 0) is 0 Å². The Hall–Kier alpha value is -2.62. The molecule has 0 atom stereocenters. The molecule has 0 aliphatic rings. The van der Waals surface area contributed by atoms with Crippen LogP contribution in [0.4, 0.5) is 0 Å². The number of rotatable bonds is 5. The van der Waals surface area contributed by atoms with Crippen molar-refractivity contribution in [3.05, 3.63) is 54.1 Å². The van der Waals surface area contributed by atoms with E-state index < -0.39 is 0 Å². The number of hydrogen-bond acceptors (Lipinski definition) is 2. The fraction of sp³-hybridized carbons (Fsp3) is 0.222. The third kappa shape index (κ3) is 2.86. The molecule has 1 amide bonds. The predicted octanol–water partition coefficient (Wildman–Crippen LogP) is 3.76. The van der Waals surface area contributed by atoms with Crippen molar-refractivity contribution in [2.75, 3.05) is 6.54 Å². The topological polar surface area (TPSA) is 57.8 Å². The highest BCUT2D eigenvalue weighted by Gasteiger charge is 2.09. The Labute approximate surface area is 129 Å². The smallest absolute Gasteiger partial charge is 0.251 e. The van der Waals surface area contributed by atoms with E-state index in [2.05, 4.69) is 22.4 Å². The first kappa shape index (κ1) is 14.3. The number of nitrogens with one attached hydrogen (secondary N) is 2. The zero-order valence-electron chi connectivity index (χ0n) is 12.6. The summed E-state index contributed by atoms with van der Waals surface area (Å²) in [6.07, 6.45) is 2.08. The fourth-order valence-corrected chi connectivity index (χ4v) is 2.44. The van der Waals surface area contributed by atoms with Crippen LogP contribution in [0.5, 0.6) is 0 Å². The summed E-state index contributed by atoms with van der Waals surface area (Å²) in [6.45, 7) is 2.83. The van der Waals surface area contributed by atoms with Gasteiger partial charge in [-0.1, -0.05) is 43.7 Å². The highest BCUT2D eigenvalue weighted by Crippen LogP contribution is 2.26. The highest BCUT2D eigenvalue weighted by molar-refractivity contribution is 5.96. The van der Waals surface area contributed by atoms with Crippen molar-refractivity contribution < 1.29 is 4.79 Å². The first-order chi connectivity index (χ1) is 10.8. The Morgan fingerprint density at radius 3 is 2.68 bits per heavy atom. The number of aromatic nitrogens is 2. The number of H-pyrrole nitrogens is 1. The number of unbranched alkanes of at least 4 members (excludes halogenated alkanes) is 1. The van der Waals surface area contributed by atoms with Crippen molar-refractivity contribution in [3.8, 4) is 11.3 Å². The predicted molar refractivity (Wildman–Crippen MR) is 88.8 cm³/mol. The summed E-state index contributed by atoms with van der Waals surface area (Å²) in [5.41, 5.74) is 3.61. The van der Waals surface area contributed by atoms with Gasteiger partial charge in [0.05, 0.1) is 11.2 Å². The Morgan fingerprint density at radius 2 is 1.91 bits per heavy atom. The molecule has 0 radical (unpaired) electrons. The molecule has 2 N–H and O–H groups in total. The van der Waals surface area contributed by atoms with E-state index in [1.807, 2.05) is 48.5 Å². The molecule has 1 aromatic heterocycles. The minimum atomic E-state index is -0.0214. The van der Waals surface area contributed by atoms with Crippen molar-refractivity contribution >= 4 is 16.8 Å². The van der Waals surface area contributed by atoms with Crippen molar-refractivity contribution in [3.63, 3.8) is 0 Å². The summed E-state index contributed by atoms with van der Waals surface area (Å²) < 4.78 is 0. The number of aromatic amines is 1. The molecule has 3 rings (SSSR count). The lowest BCUT2D eigenvalue weighted by Gasteiger charge is -2.05. The van der Waals surface area contributed by atoms with Gasteiger partial charge in [0.1, 0.15) is 0 Å². The van der Waals surface area contributed by atoms with Crippen LogP contribution in [0.1, 0.15) is 30.1 Å². The summed E-state index contributed by atoms with van der Waals surface area (Å²) >= 11 is 0. The summed E-state index contributed by atoms with van der Waals surface area (Å²) in [7, 11) is 0. The van der Waals surface area contributed by atoms with Crippen LogP contribution in [0.2, 0.25) is 0 Å². The van der Waals surface area contributed by atoms with Gasteiger partial charge < -0.3 is 5.32 Å². The third-order valence-corrected chi connectivity index (χ3v) is 3.71. The van der Waals surface area contributed by atoms with E-state index in [0.29, 0.717) is 5.56 Å². The molecular formula is C18H19N3O. The second-order valence-corrected chi connectivity index (χ2v) is 5.30. The maximum atomic E-state index is 12.0. The Morgan fingerprint density at radius 1 is 1.14 bits per heavy atom. The number of hydrogen-bond donors (Lipinski definition) is 2. The van der Waals surface area contributed by atoms with Gasteiger partial charge in [0, 0.05) is 23.1 Å². The number of carbonyl (C=O) groups excluding carboxylic acids is 1. The van der Waals surface area contributed by atoms with Gasteiger partial charge in [0.15, 0.2) is 0 Å². The van der Waals surface area contributed by atoms with Gasteiger partial charge in [-0.3, -0.25) is 9.89 Å². The second kappa shape index (κ2) is 6.43. The maximum absolute atomic E-state index is 12.0. The quantitative estimate of drug-likeness (QED) is 0.704. The van der Waals surface area contributed by atoms with Crippen LogP contribution in [0.25, 0.3) is 22.2 Å². The van der Waals surface area contributed by atoms with E-state index in [1.54, 1.807) is 0 Å². The largest absolute Gasteiger partial charge is 0.352 e. The molecule has 0 saturated heterocycles. The van der Waals surface area contributed by atoms with Crippen molar-refractivity contribution in [1.82, 2.24) is 15.5 Å². The molecule has 0 saturated carbocycles. The Kier molecular flexibility index (Phi) is 4.19. The highest BCUT2D eigenvalue weighted by atomic mass is 16.1. The van der Waals surface area contributed by atoms with Gasteiger partial charge >= 0.3 is 0 Å². The number of carbonyl (C=O) groups is 1. The van der Waals surface area contributed by atoms with Gasteiger partial charge in [-0.15, -0.1) is 0 Å². The Bertz CT molecular complexity index is 774. The molecule has 4 heteroatoms. The van der Waals surface area contributed by atoms with Crippen molar-refractivity contribution in [1.29, 1.82) is 0 Å². The SMILES string of the molecule is CCCCNC(=O)c1ccc(-c2n[nH]c3ccccc23)cc1. The monoisotopic (exact) mass is 293 g/mol. The molecule has 112 valence electrons. The fourth-order valence-electron chi connectivity index (χ4n) is 2.44. The standard InChI is InChI=1S/C18H19N3O/c1-2-3-12-19-18(22)14-10-8-13(9-11-14)17-15-6-4-5-7-16(15)20-21-17/h4-11H,2-3,12H2,1H3,(H,19,22)(H,20,21). The van der Waals surface area contributed by atoms with Gasteiger partial charge in [-0.25, -0.2) is 0 Å². The molecule has 2 aromatic carbocycles. The minimum Gasteiger partial charge on any atom is -0.352 e. The van der Waals surface area contributed by atoms with E-state index >= 15 is 0 Å². The van der Waals surface area contributed by atoms with Crippen molar-refractivity contribution in [2.45, 2.75) is 19.8 Å². The van der Waals surface area contributed by atoms with Crippen LogP contribution in [-0.4, -0.2) is 22.6 Å². The van der Waals surface area contributed by atoms with Crippen LogP contribution in [0, 0.1) is 0 Å². The lowest BCUT2D eigenvalue weighted by molar-refractivity contribution is 0.0953. The molecular weight excluding hydrogens is 274 g/mol. The molecule has 0 spiro atoms.